The number of amides is 1. The van der Waals surface area contributed by atoms with Gasteiger partial charge >= 0.3 is 0 Å². The van der Waals surface area contributed by atoms with Gasteiger partial charge in [0.25, 0.3) is 0 Å². The Labute approximate surface area is 207 Å². The smallest absolute Gasteiger partial charge is 0.225 e. The van der Waals surface area contributed by atoms with Gasteiger partial charge in [-0.25, -0.2) is 0 Å². The summed E-state index contributed by atoms with van der Waals surface area (Å²) in [4.78, 5) is 16.3. The first-order chi connectivity index (χ1) is 15.2. The quantitative estimate of drug-likeness (QED) is 0.208. The number of carbonyl (C=O) groups is 1. The molecule has 1 heterocycles. The molecule has 0 bridgehead atoms. The zero-order valence-electron chi connectivity index (χ0n) is 18.6. The maximum atomic E-state index is 12.0. The third kappa shape index (κ3) is 6.22. The zero-order chi connectivity index (χ0) is 21.5. The highest BCUT2D eigenvalue weighted by Crippen LogP contribution is 2.32. The second-order valence-corrected chi connectivity index (χ2v) is 8.22. The summed E-state index contributed by atoms with van der Waals surface area (Å²) in [7, 11) is 1.77. The number of nitrogens with one attached hydrogen (secondary N) is 3. The molecule has 1 amide bonds. The predicted octanol–water partition coefficient (Wildman–Crippen LogP) is 4.38. The molecule has 32 heavy (non-hydrogen) atoms. The van der Waals surface area contributed by atoms with Crippen LogP contribution in [0.15, 0.2) is 53.5 Å². The van der Waals surface area contributed by atoms with Crippen LogP contribution in [0.25, 0.3) is 0 Å². The largest absolute Gasteiger partial charge is 0.373 e. The fourth-order valence-electron chi connectivity index (χ4n) is 4.51. The Kier molecular flexibility index (Phi) is 9.35. The first-order valence-corrected chi connectivity index (χ1v) is 11.3. The Bertz CT molecular complexity index is 934. The van der Waals surface area contributed by atoms with E-state index in [9.17, 15) is 4.79 Å². The molecule has 1 aliphatic heterocycles. The molecule has 0 radical (unpaired) electrons. The highest BCUT2D eigenvalue weighted by molar-refractivity contribution is 14.0. The molecular weight excluding hydrogens is 515 g/mol. The van der Waals surface area contributed by atoms with Crippen molar-refractivity contribution in [3.63, 3.8) is 0 Å². The summed E-state index contributed by atoms with van der Waals surface area (Å²) >= 11 is 0. The normalized spacial score (nSPS) is 19.8. The van der Waals surface area contributed by atoms with E-state index in [-0.39, 0.29) is 41.9 Å². The minimum absolute atomic E-state index is 0. The first-order valence-electron chi connectivity index (χ1n) is 11.3. The third-order valence-electron chi connectivity index (χ3n) is 6.09. The average molecular weight is 548 g/mol. The van der Waals surface area contributed by atoms with Crippen LogP contribution in [0.5, 0.6) is 0 Å². The SMILES string of the molecule is CN=C(NCCCOC1CCCc2ccccc21)NCC1CC(=O)Nc2ccccc21.I. The summed E-state index contributed by atoms with van der Waals surface area (Å²) in [5, 5.41) is 9.68. The van der Waals surface area contributed by atoms with Gasteiger partial charge in [-0.2, -0.15) is 0 Å². The molecular formula is C25H33IN4O2. The van der Waals surface area contributed by atoms with E-state index < -0.39 is 0 Å². The summed E-state index contributed by atoms with van der Waals surface area (Å²) in [6.45, 7) is 2.18. The maximum absolute atomic E-state index is 12.0. The number of fused-ring (bicyclic) bond motifs is 2. The van der Waals surface area contributed by atoms with Crippen molar-refractivity contribution in [3.05, 3.63) is 65.2 Å². The molecule has 172 valence electrons. The summed E-state index contributed by atoms with van der Waals surface area (Å²) in [6.07, 6.45) is 5.07. The summed E-state index contributed by atoms with van der Waals surface area (Å²) in [6, 6.07) is 16.6. The molecule has 0 aromatic heterocycles. The van der Waals surface area contributed by atoms with Crippen LogP contribution in [0.1, 0.15) is 54.4 Å². The number of nitrogens with zero attached hydrogens (tertiary/aromatic N) is 1. The summed E-state index contributed by atoms with van der Waals surface area (Å²) in [5.74, 6) is 0.958. The van der Waals surface area contributed by atoms with E-state index in [1.165, 1.54) is 23.1 Å². The van der Waals surface area contributed by atoms with Gasteiger partial charge in [-0.05, 0) is 48.4 Å². The molecule has 0 spiro atoms. The molecule has 2 aromatic carbocycles. The number of carbonyl (C=O) groups excluding carboxylic acids is 1. The van der Waals surface area contributed by atoms with E-state index in [4.69, 9.17) is 4.74 Å². The molecule has 0 saturated carbocycles. The zero-order valence-corrected chi connectivity index (χ0v) is 20.9. The monoisotopic (exact) mass is 548 g/mol. The third-order valence-corrected chi connectivity index (χ3v) is 6.09. The number of hydrogen-bond donors (Lipinski definition) is 3. The van der Waals surface area contributed by atoms with Gasteiger partial charge in [0.05, 0.1) is 6.10 Å². The van der Waals surface area contributed by atoms with Crippen molar-refractivity contribution in [2.75, 3.05) is 32.1 Å². The average Bonchev–Trinajstić information content (AvgIpc) is 2.80. The Morgan fingerprint density at radius 3 is 2.75 bits per heavy atom. The second kappa shape index (κ2) is 12.2. The molecule has 2 aliphatic rings. The van der Waals surface area contributed by atoms with E-state index >= 15 is 0 Å². The Hall–Kier alpha value is -2.13. The lowest BCUT2D eigenvalue weighted by molar-refractivity contribution is -0.116. The van der Waals surface area contributed by atoms with E-state index in [1.807, 2.05) is 18.2 Å². The van der Waals surface area contributed by atoms with Crippen LogP contribution in [0.2, 0.25) is 0 Å². The number of benzene rings is 2. The van der Waals surface area contributed by atoms with Gasteiger partial charge in [0.1, 0.15) is 0 Å². The van der Waals surface area contributed by atoms with Gasteiger partial charge in [0.2, 0.25) is 5.91 Å². The summed E-state index contributed by atoms with van der Waals surface area (Å²) < 4.78 is 6.19. The van der Waals surface area contributed by atoms with Gasteiger partial charge < -0.3 is 20.7 Å². The number of hydrogen-bond acceptors (Lipinski definition) is 3. The van der Waals surface area contributed by atoms with Crippen molar-refractivity contribution in [2.24, 2.45) is 4.99 Å². The topological polar surface area (TPSA) is 74.8 Å². The standard InChI is InChI=1S/C25H32N4O2.HI/c1-26-25(28-17-19-16-24(30)29-22-12-5-4-10-20(19)22)27-14-7-15-31-23-13-6-9-18-8-2-3-11-21(18)23;/h2-5,8,10-12,19,23H,6-7,9,13-17H2,1H3,(H,29,30)(H2,26,27,28);1H. The number of ether oxygens (including phenoxy) is 1. The van der Waals surface area contributed by atoms with Crippen LogP contribution in [0.4, 0.5) is 5.69 Å². The van der Waals surface area contributed by atoms with E-state index in [0.29, 0.717) is 13.0 Å². The van der Waals surface area contributed by atoms with Gasteiger partial charge in [0, 0.05) is 44.8 Å². The number of para-hydroxylation sites is 1. The Morgan fingerprint density at radius 2 is 1.91 bits per heavy atom. The van der Waals surface area contributed by atoms with Crippen molar-refractivity contribution in [1.29, 1.82) is 0 Å². The van der Waals surface area contributed by atoms with Crippen LogP contribution in [0, 0.1) is 0 Å². The highest BCUT2D eigenvalue weighted by Gasteiger charge is 2.24. The molecule has 0 fully saturated rings. The Balaban J connectivity index is 0.00000289. The predicted molar refractivity (Wildman–Crippen MR) is 140 cm³/mol. The van der Waals surface area contributed by atoms with Gasteiger partial charge in [-0.3, -0.25) is 9.79 Å². The van der Waals surface area contributed by atoms with Crippen LogP contribution in [-0.4, -0.2) is 38.6 Å². The minimum atomic E-state index is 0. The van der Waals surface area contributed by atoms with Crippen LogP contribution in [-0.2, 0) is 16.0 Å². The maximum Gasteiger partial charge on any atom is 0.225 e. The fourth-order valence-corrected chi connectivity index (χ4v) is 4.51. The van der Waals surface area contributed by atoms with Crippen LogP contribution >= 0.6 is 24.0 Å². The number of aliphatic imine (C=N–C) groups is 1. The Morgan fingerprint density at radius 1 is 1.12 bits per heavy atom. The van der Waals surface area contributed by atoms with Crippen molar-refractivity contribution in [1.82, 2.24) is 10.6 Å². The van der Waals surface area contributed by atoms with E-state index in [2.05, 4.69) is 51.3 Å². The first kappa shape index (κ1) is 24.5. The fraction of sp³-hybridized carbons (Fsp3) is 0.440. The van der Waals surface area contributed by atoms with Crippen molar-refractivity contribution >= 4 is 41.5 Å². The highest BCUT2D eigenvalue weighted by atomic mass is 127. The van der Waals surface area contributed by atoms with Gasteiger partial charge in [-0.1, -0.05) is 42.5 Å². The minimum Gasteiger partial charge on any atom is -0.373 e. The molecule has 1 aliphatic carbocycles. The van der Waals surface area contributed by atoms with Crippen LogP contribution in [0.3, 0.4) is 0 Å². The van der Waals surface area contributed by atoms with Crippen LogP contribution < -0.4 is 16.0 Å². The number of guanidine groups is 1. The lowest BCUT2D eigenvalue weighted by atomic mass is 9.89. The van der Waals surface area contributed by atoms with Crippen molar-refractivity contribution < 1.29 is 9.53 Å². The molecule has 0 saturated heterocycles. The lowest BCUT2D eigenvalue weighted by Gasteiger charge is -2.26. The number of aryl methyl sites for hydroxylation is 1. The number of anilines is 1. The lowest BCUT2D eigenvalue weighted by Crippen LogP contribution is -2.41. The molecule has 2 unspecified atom stereocenters. The van der Waals surface area contributed by atoms with E-state index in [1.54, 1.807) is 7.05 Å². The summed E-state index contributed by atoms with van der Waals surface area (Å²) in [5.41, 5.74) is 4.87. The van der Waals surface area contributed by atoms with Gasteiger partial charge in [0.15, 0.2) is 5.96 Å². The molecule has 3 N–H and O–H groups in total. The molecule has 2 atom stereocenters. The molecule has 6 nitrogen and oxygen atoms in total. The number of rotatable bonds is 7. The molecule has 4 rings (SSSR count). The van der Waals surface area contributed by atoms with E-state index in [0.717, 1.165) is 44.1 Å². The van der Waals surface area contributed by atoms with Crippen molar-refractivity contribution in [2.45, 2.75) is 44.1 Å². The van der Waals surface area contributed by atoms with Gasteiger partial charge in [-0.15, -0.1) is 24.0 Å². The number of halogens is 1. The van der Waals surface area contributed by atoms with Crippen molar-refractivity contribution in [3.8, 4) is 0 Å². The molecule has 2 aromatic rings. The molecule has 7 heteroatoms. The second-order valence-electron chi connectivity index (χ2n) is 8.22.